The molecule has 6 aliphatic rings. The molecule has 19 N–H and O–H groups in total. The second-order valence-corrected chi connectivity index (χ2v) is 18.1. The highest BCUT2D eigenvalue weighted by molar-refractivity contribution is 7.99. The van der Waals surface area contributed by atoms with E-state index in [1.165, 1.54) is 7.11 Å². The molecule has 0 saturated carbocycles. The van der Waals surface area contributed by atoms with Crippen molar-refractivity contribution in [3.63, 3.8) is 0 Å². The summed E-state index contributed by atoms with van der Waals surface area (Å²) in [5.41, 5.74) is -1.47. The van der Waals surface area contributed by atoms with E-state index in [4.69, 9.17) is 52.1 Å². The smallest absolute Gasteiger partial charge is 0.187 e. The van der Waals surface area contributed by atoms with Crippen LogP contribution in [0.3, 0.4) is 0 Å². The third kappa shape index (κ3) is 11.6. The first kappa shape index (κ1) is 56.4. The van der Waals surface area contributed by atoms with Crippen molar-refractivity contribution in [1.82, 2.24) is 0 Å². The van der Waals surface area contributed by atoms with Crippen LogP contribution in [-0.4, -0.2) is 326 Å². The van der Waals surface area contributed by atoms with Gasteiger partial charge in [0.05, 0.1) is 39.1 Å². The molecule has 6 saturated heterocycles. The molecular weight excluding hydrogens is 956 g/mol. The molecular formula is C37H64O30S. The first-order valence-electron chi connectivity index (χ1n) is 21.5. The summed E-state index contributed by atoms with van der Waals surface area (Å²) >= 11 is 0.660. The maximum atomic E-state index is 11.2. The monoisotopic (exact) mass is 1020 g/mol. The number of thioether (sulfide) groups is 1. The van der Waals surface area contributed by atoms with Gasteiger partial charge in [-0.15, -0.1) is 11.8 Å². The van der Waals surface area contributed by atoms with Crippen molar-refractivity contribution < 1.29 is 149 Å². The van der Waals surface area contributed by atoms with Crippen molar-refractivity contribution in [3.8, 4) is 0 Å². The third-order valence-corrected chi connectivity index (χ3v) is 13.9. The maximum Gasteiger partial charge on any atom is 0.187 e. The summed E-state index contributed by atoms with van der Waals surface area (Å²) in [5, 5.41) is 200. The van der Waals surface area contributed by atoms with E-state index in [0.717, 1.165) is 0 Å². The molecule has 0 aromatic heterocycles. The lowest BCUT2D eigenvalue weighted by atomic mass is 9.96. The van der Waals surface area contributed by atoms with Crippen molar-refractivity contribution in [1.29, 1.82) is 0 Å². The van der Waals surface area contributed by atoms with Crippen molar-refractivity contribution >= 4 is 11.8 Å². The van der Waals surface area contributed by atoms with E-state index in [9.17, 15) is 97.0 Å². The summed E-state index contributed by atoms with van der Waals surface area (Å²) in [6.45, 7) is -4.35. The highest BCUT2D eigenvalue weighted by Gasteiger charge is 2.56. The van der Waals surface area contributed by atoms with Crippen LogP contribution >= 0.6 is 11.8 Å². The second-order valence-electron chi connectivity index (χ2n) is 17.0. The largest absolute Gasteiger partial charge is 0.394 e. The van der Waals surface area contributed by atoms with Gasteiger partial charge in [0.2, 0.25) is 0 Å². The first-order valence-corrected chi connectivity index (χ1v) is 22.6. The number of rotatable bonds is 17. The lowest BCUT2D eigenvalue weighted by Crippen LogP contribution is -2.66. The molecule has 0 bridgehead atoms. The van der Waals surface area contributed by atoms with Crippen LogP contribution in [-0.2, 0) is 52.1 Å². The Hall–Kier alpha value is -0.850. The maximum absolute atomic E-state index is 11.2. The fourth-order valence-corrected chi connectivity index (χ4v) is 9.83. The number of hydrogen-bond acceptors (Lipinski definition) is 31. The molecule has 30 atom stereocenters. The van der Waals surface area contributed by atoms with Crippen molar-refractivity contribution in [2.24, 2.45) is 0 Å². The van der Waals surface area contributed by atoms with E-state index in [-0.39, 0.29) is 0 Å². The number of ether oxygens (including phenoxy) is 11. The Bertz CT molecular complexity index is 1520. The Morgan fingerprint density at radius 3 is 0.956 bits per heavy atom. The van der Waals surface area contributed by atoms with Crippen LogP contribution in [0.1, 0.15) is 0 Å². The van der Waals surface area contributed by atoms with Gasteiger partial charge >= 0.3 is 0 Å². The normalized spacial score (nSPS) is 52.8. The number of methoxy groups -OCH3 is 1. The quantitative estimate of drug-likeness (QED) is 0.0643. The predicted molar refractivity (Wildman–Crippen MR) is 210 cm³/mol. The van der Waals surface area contributed by atoms with Gasteiger partial charge in [-0.1, -0.05) is 0 Å². The minimum absolute atomic E-state index is 0.424. The van der Waals surface area contributed by atoms with Crippen LogP contribution in [0.5, 0.6) is 0 Å². The number of hydrogen-bond donors (Lipinski definition) is 19. The zero-order valence-electron chi connectivity index (χ0n) is 36.0. The molecule has 0 amide bonds. The summed E-state index contributed by atoms with van der Waals surface area (Å²) in [6.07, 6.45) is -51.5. The zero-order chi connectivity index (χ0) is 50.0. The van der Waals surface area contributed by atoms with Gasteiger partial charge in [-0.3, -0.25) is 0 Å². The lowest BCUT2D eigenvalue weighted by molar-refractivity contribution is -0.377. The molecule has 0 unspecified atom stereocenters. The van der Waals surface area contributed by atoms with Gasteiger partial charge in [-0.25, -0.2) is 0 Å². The van der Waals surface area contributed by atoms with E-state index in [1.54, 1.807) is 0 Å². The van der Waals surface area contributed by atoms with Gasteiger partial charge in [-0.2, -0.15) is 0 Å². The zero-order valence-corrected chi connectivity index (χ0v) is 36.8. The van der Waals surface area contributed by atoms with E-state index in [0.29, 0.717) is 11.8 Å². The summed E-state index contributed by atoms with van der Waals surface area (Å²) in [5.74, 6) is -0.424. The minimum atomic E-state index is -2.07. The molecule has 31 heteroatoms. The molecule has 6 heterocycles. The molecule has 0 spiro atoms. The number of aliphatic hydroxyl groups excluding tert-OH is 19. The van der Waals surface area contributed by atoms with E-state index in [1.807, 2.05) is 0 Å². The molecule has 68 heavy (non-hydrogen) atoms. The fraction of sp³-hybridized carbons (Fsp3) is 1.00. The topological polar surface area (TPSA) is 486 Å². The van der Waals surface area contributed by atoms with E-state index in [2.05, 4.69) is 0 Å². The van der Waals surface area contributed by atoms with Crippen LogP contribution in [0.4, 0.5) is 0 Å². The van der Waals surface area contributed by atoms with Crippen molar-refractivity contribution in [2.75, 3.05) is 45.9 Å². The Balaban J connectivity index is 1.05. The Labute approximate surface area is 389 Å². The highest BCUT2D eigenvalue weighted by atomic mass is 32.2. The third-order valence-electron chi connectivity index (χ3n) is 12.6. The Kier molecular flexibility index (Phi) is 20.3. The van der Waals surface area contributed by atoms with Crippen molar-refractivity contribution in [2.45, 2.75) is 183 Å². The summed E-state index contributed by atoms with van der Waals surface area (Å²) in [4.78, 5) is 0. The molecule has 30 nitrogen and oxygen atoms in total. The summed E-state index contributed by atoms with van der Waals surface area (Å²) in [6, 6.07) is 0. The molecule has 6 fully saturated rings. The standard InChI is InChI=1S/C37H64O30S/c1-57-32-24(53)18(47)28(9(3-39)59-32)66-35-25(54)20(49)30(11(5-41)60-35)65-34-23(52)17(46)15(44)13(62-34)7-68-37-27(56)21(50)31(12(6-42)63-37)67-36-26(55)19(48)29(10(4-40)61-36)64-33-22(51)16(45)14(43)8(2-38)58-33/h8-56H,2-7H2,1H3/t8-,9-,10-,11-,12-,13-,14-,15-,16+,17+,18-,19-,20-,21-,22-,23-,24-,25-,26-,27-,28-,29-,30-,31-,32+,33-,34-,35+,36-,37-/m1/s1. The van der Waals surface area contributed by atoms with Gasteiger partial charge in [0.1, 0.15) is 146 Å². The van der Waals surface area contributed by atoms with Gasteiger partial charge in [0.15, 0.2) is 31.5 Å². The average molecular weight is 1020 g/mol. The fourth-order valence-electron chi connectivity index (χ4n) is 8.60. The molecule has 0 aromatic carbocycles. The molecule has 398 valence electrons. The van der Waals surface area contributed by atoms with Crippen LogP contribution < -0.4 is 0 Å². The molecule has 0 aliphatic carbocycles. The van der Waals surface area contributed by atoms with Crippen molar-refractivity contribution in [3.05, 3.63) is 0 Å². The first-order chi connectivity index (χ1) is 32.3. The average Bonchev–Trinajstić information content (AvgIpc) is 3.33. The lowest BCUT2D eigenvalue weighted by Gasteiger charge is -2.48. The molecule has 0 aromatic rings. The van der Waals surface area contributed by atoms with Crippen LogP contribution in [0, 0.1) is 0 Å². The van der Waals surface area contributed by atoms with Gasteiger partial charge in [0.25, 0.3) is 0 Å². The molecule has 6 rings (SSSR count). The molecule has 6 aliphatic heterocycles. The minimum Gasteiger partial charge on any atom is -0.394 e. The Morgan fingerprint density at radius 2 is 0.588 bits per heavy atom. The van der Waals surface area contributed by atoms with Crippen LogP contribution in [0.15, 0.2) is 0 Å². The van der Waals surface area contributed by atoms with Gasteiger partial charge in [-0.05, 0) is 0 Å². The van der Waals surface area contributed by atoms with E-state index >= 15 is 0 Å². The number of aliphatic hydroxyl groups is 19. The van der Waals surface area contributed by atoms with E-state index < -0.39 is 222 Å². The second kappa shape index (κ2) is 24.5. The SMILES string of the molecule is CO[C@H]1O[C@H](CO)[C@@H](O[C@@H]2O[C@H](CO)[C@@H](O[C@H]3O[C@H](CS[C@H]4O[C@H](CO)[C@@H](O[C@H]5O[C@H](CO)[C@@H](O[C@H]6O[C@H](CO)[C@@H](O)[C@H](O)[C@H]6O)[C@H](O)[C@H]5O)[C@H](O)[C@H]4O)[C@@H](O)[C@H](O)[C@H]3O)[C@H](O)[C@H]2O)[C@H](O)[C@H]1O. The van der Waals surface area contributed by atoms with Crippen LogP contribution in [0.25, 0.3) is 0 Å². The Morgan fingerprint density at radius 1 is 0.309 bits per heavy atom. The highest BCUT2D eigenvalue weighted by Crippen LogP contribution is 2.37. The summed E-state index contributed by atoms with van der Waals surface area (Å²) in [7, 11) is 1.17. The molecule has 0 radical (unpaired) electrons. The van der Waals surface area contributed by atoms with Gasteiger partial charge in [0, 0.05) is 12.9 Å². The predicted octanol–water partition coefficient (Wildman–Crippen LogP) is -12.7. The van der Waals surface area contributed by atoms with Gasteiger partial charge < -0.3 is 149 Å². The summed E-state index contributed by atoms with van der Waals surface area (Å²) < 4.78 is 60.8. The van der Waals surface area contributed by atoms with Crippen LogP contribution in [0.2, 0.25) is 0 Å².